The van der Waals surface area contributed by atoms with E-state index < -0.39 is 23.4 Å². The first kappa shape index (κ1) is 16.1. The van der Waals surface area contributed by atoms with Crippen LogP contribution in [0.2, 0.25) is 0 Å². The predicted octanol–water partition coefficient (Wildman–Crippen LogP) is 4.05. The monoisotopic (exact) mass is 309 g/mol. The fourth-order valence-electron chi connectivity index (χ4n) is 2.51. The van der Waals surface area contributed by atoms with Crippen molar-refractivity contribution >= 4 is 5.97 Å². The van der Waals surface area contributed by atoms with Gasteiger partial charge in [-0.25, -0.2) is 8.78 Å². The van der Waals surface area contributed by atoms with Crippen molar-refractivity contribution in [2.24, 2.45) is 11.8 Å². The van der Waals surface area contributed by atoms with E-state index in [0.29, 0.717) is 25.7 Å². The Morgan fingerprint density at radius 2 is 1.91 bits per heavy atom. The molecule has 1 saturated carbocycles. The highest BCUT2D eigenvalue weighted by Crippen LogP contribution is 2.31. The van der Waals surface area contributed by atoms with E-state index in [4.69, 9.17) is 10.00 Å². The molecule has 1 aliphatic carbocycles. The molecule has 2 rings (SSSR count). The van der Waals surface area contributed by atoms with Gasteiger partial charge in [0.15, 0.2) is 17.5 Å². The van der Waals surface area contributed by atoms with Crippen molar-refractivity contribution in [1.82, 2.24) is 0 Å². The molecule has 0 bridgehead atoms. The molecule has 1 aromatic rings. The minimum atomic E-state index is -1.08. The van der Waals surface area contributed by atoms with Crippen LogP contribution in [-0.4, -0.2) is 5.97 Å². The molecule has 0 aromatic heterocycles. The van der Waals surface area contributed by atoms with Crippen molar-refractivity contribution in [2.45, 2.75) is 25.7 Å². The fraction of sp³-hybridized carbons (Fsp3) is 0.375. The Kier molecular flexibility index (Phi) is 5.21. The summed E-state index contributed by atoms with van der Waals surface area (Å²) in [6.07, 6.45) is 3.43. The minimum Gasteiger partial charge on any atom is -0.426 e. The number of rotatable bonds is 3. The summed E-state index contributed by atoms with van der Waals surface area (Å²) in [5.74, 6) is -3.86. The van der Waals surface area contributed by atoms with Gasteiger partial charge in [0, 0.05) is 6.07 Å². The lowest BCUT2D eigenvalue weighted by Crippen LogP contribution is -2.25. The summed E-state index contributed by atoms with van der Waals surface area (Å²) in [5, 5.41) is 8.39. The standard InChI is InChI=1S/C16H14F3NO2/c17-12(9-20)7-10-1-3-11(4-2-10)16(21)22-13-5-6-14(18)15(19)8-13/h5-8,10-11H,1-4H2/t10-,11-. The zero-order valence-corrected chi connectivity index (χ0v) is 11.7. The van der Waals surface area contributed by atoms with Gasteiger partial charge in [0.1, 0.15) is 11.8 Å². The Labute approximate surface area is 126 Å². The Bertz CT molecular complexity index is 629. The molecule has 0 heterocycles. The second-order valence-corrected chi connectivity index (χ2v) is 5.24. The highest BCUT2D eigenvalue weighted by molar-refractivity contribution is 5.75. The highest BCUT2D eigenvalue weighted by atomic mass is 19.2. The number of carbonyl (C=O) groups excluding carboxylic acids is 1. The third kappa shape index (κ3) is 4.10. The molecule has 1 aliphatic rings. The van der Waals surface area contributed by atoms with Gasteiger partial charge in [-0.3, -0.25) is 4.79 Å². The van der Waals surface area contributed by atoms with Crippen LogP contribution in [0.5, 0.6) is 5.75 Å². The number of hydrogen-bond acceptors (Lipinski definition) is 3. The number of hydrogen-bond donors (Lipinski definition) is 0. The second-order valence-electron chi connectivity index (χ2n) is 5.24. The largest absolute Gasteiger partial charge is 0.426 e. The van der Waals surface area contributed by atoms with Crippen molar-refractivity contribution in [1.29, 1.82) is 5.26 Å². The minimum absolute atomic E-state index is 0.0403. The summed E-state index contributed by atoms with van der Waals surface area (Å²) in [7, 11) is 0. The van der Waals surface area contributed by atoms with Crippen molar-refractivity contribution in [3.05, 3.63) is 41.7 Å². The van der Waals surface area contributed by atoms with Crippen LogP contribution < -0.4 is 4.74 Å². The Hall–Kier alpha value is -2.29. The third-order valence-electron chi connectivity index (χ3n) is 3.70. The van der Waals surface area contributed by atoms with Crippen LogP contribution in [-0.2, 0) is 4.79 Å². The topological polar surface area (TPSA) is 50.1 Å². The SMILES string of the molecule is N#CC(F)=C[C@H]1CC[C@H](C(=O)Oc2ccc(F)c(F)c2)CC1. The first-order valence-electron chi connectivity index (χ1n) is 6.93. The van der Waals surface area contributed by atoms with Crippen molar-refractivity contribution < 1.29 is 22.7 Å². The van der Waals surface area contributed by atoms with E-state index in [2.05, 4.69) is 0 Å². The molecule has 1 fully saturated rings. The summed E-state index contributed by atoms with van der Waals surface area (Å²) in [4.78, 5) is 12.0. The first-order chi connectivity index (χ1) is 10.5. The first-order valence-corrected chi connectivity index (χ1v) is 6.93. The molecule has 22 heavy (non-hydrogen) atoms. The Morgan fingerprint density at radius 3 is 2.50 bits per heavy atom. The van der Waals surface area contributed by atoms with Crippen molar-refractivity contribution in [3.8, 4) is 11.8 Å². The number of nitriles is 1. The Balaban J connectivity index is 1.90. The smallest absolute Gasteiger partial charge is 0.314 e. The van der Waals surface area contributed by atoms with Gasteiger partial charge >= 0.3 is 5.97 Å². The molecule has 0 aliphatic heterocycles. The average Bonchev–Trinajstić information content (AvgIpc) is 2.51. The summed E-state index contributed by atoms with van der Waals surface area (Å²) in [5.41, 5.74) is 0. The molecule has 116 valence electrons. The maximum absolute atomic E-state index is 13.0. The lowest BCUT2D eigenvalue weighted by Gasteiger charge is -2.25. The lowest BCUT2D eigenvalue weighted by atomic mass is 9.82. The van der Waals surface area contributed by atoms with Gasteiger partial charge in [0.05, 0.1) is 5.92 Å². The number of nitrogens with zero attached hydrogens (tertiary/aromatic N) is 1. The average molecular weight is 309 g/mol. The van der Waals surface area contributed by atoms with Crippen LogP contribution in [0.25, 0.3) is 0 Å². The van der Waals surface area contributed by atoms with Gasteiger partial charge in [-0.15, -0.1) is 0 Å². The fourth-order valence-corrected chi connectivity index (χ4v) is 2.51. The van der Waals surface area contributed by atoms with Crippen LogP contribution in [0.1, 0.15) is 25.7 Å². The number of allylic oxidation sites excluding steroid dienone is 2. The van der Waals surface area contributed by atoms with Gasteiger partial charge in [-0.2, -0.15) is 9.65 Å². The number of benzene rings is 1. The number of halogens is 3. The van der Waals surface area contributed by atoms with Crippen LogP contribution in [0.4, 0.5) is 13.2 Å². The quantitative estimate of drug-likeness (QED) is 0.481. The molecule has 0 radical (unpaired) electrons. The molecule has 0 N–H and O–H groups in total. The van der Waals surface area contributed by atoms with Gasteiger partial charge < -0.3 is 4.74 Å². The molecule has 0 spiro atoms. The summed E-state index contributed by atoms with van der Waals surface area (Å²) < 4.78 is 43.7. The number of carbonyl (C=O) groups is 1. The summed E-state index contributed by atoms with van der Waals surface area (Å²) >= 11 is 0. The van der Waals surface area contributed by atoms with Crippen LogP contribution in [0.15, 0.2) is 30.1 Å². The van der Waals surface area contributed by atoms with Crippen molar-refractivity contribution in [2.75, 3.05) is 0 Å². The maximum Gasteiger partial charge on any atom is 0.314 e. The van der Waals surface area contributed by atoms with Crippen molar-refractivity contribution in [3.63, 3.8) is 0 Å². The highest BCUT2D eigenvalue weighted by Gasteiger charge is 2.27. The third-order valence-corrected chi connectivity index (χ3v) is 3.70. The van der Waals surface area contributed by atoms with E-state index >= 15 is 0 Å². The molecule has 0 unspecified atom stereocenters. The lowest BCUT2D eigenvalue weighted by molar-refractivity contribution is -0.140. The van der Waals surface area contributed by atoms with Gasteiger partial charge in [0.25, 0.3) is 0 Å². The maximum atomic E-state index is 13.0. The van der Waals surface area contributed by atoms with E-state index in [1.165, 1.54) is 18.2 Å². The Morgan fingerprint density at radius 1 is 1.23 bits per heavy atom. The molecule has 0 saturated heterocycles. The molecule has 0 amide bonds. The van der Waals surface area contributed by atoms with Crippen LogP contribution >= 0.6 is 0 Å². The second kappa shape index (κ2) is 7.12. The molecular weight excluding hydrogens is 295 g/mol. The summed E-state index contributed by atoms with van der Waals surface area (Å²) in [6, 6.07) is 4.33. The zero-order valence-electron chi connectivity index (χ0n) is 11.7. The van der Waals surface area contributed by atoms with Gasteiger partial charge in [-0.05, 0) is 49.8 Å². The number of esters is 1. The molecule has 3 nitrogen and oxygen atoms in total. The zero-order chi connectivity index (χ0) is 16.1. The van der Waals surface area contributed by atoms with E-state index in [1.807, 2.05) is 0 Å². The predicted molar refractivity (Wildman–Crippen MR) is 72.2 cm³/mol. The number of ether oxygens (including phenoxy) is 1. The molecule has 6 heteroatoms. The molecule has 0 atom stereocenters. The molecule has 1 aromatic carbocycles. The molecular formula is C16H14F3NO2. The van der Waals surface area contributed by atoms with Gasteiger partial charge in [0.2, 0.25) is 0 Å². The normalized spacial score (nSPS) is 22.0. The van der Waals surface area contributed by atoms with Crippen LogP contribution in [0, 0.1) is 34.8 Å². The summed E-state index contributed by atoms with van der Waals surface area (Å²) in [6.45, 7) is 0. The van der Waals surface area contributed by atoms with E-state index in [1.54, 1.807) is 0 Å². The van der Waals surface area contributed by atoms with E-state index in [9.17, 15) is 18.0 Å². The van der Waals surface area contributed by atoms with E-state index in [-0.39, 0.29) is 17.6 Å². The van der Waals surface area contributed by atoms with E-state index in [0.717, 1.165) is 12.1 Å². The van der Waals surface area contributed by atoms with Gasteiger partial charge in [-0.1, -0.05) is 0 Å². The van der Waals surface area contributed by atoms with Crippen LogP contribution in [0.3, 0.4) is 0 Å².